The van der Waals surface area contributed by atoms with Crippen molar-refractivity contribution in [1.82, 2.24) is 0 Å². The third kappa shape index (κ3) is 11.7. The number of methoxy groups -OCH3 is 3. The highest BCUT2D eigenvalue weighted by Crippen LogP contribution is 2.71. The zero-order valence-corrected chi connectivity index (χ0v) is 50.8. The fraction of sp³-hybridized carbons (Fsp3) is 0.836. The van der Waals surface area contributed by atoms with Crippen LogP contribution in [0.3, 0.4) is 0 Å². The summed E-state index contributed by atoms with van der Waals surface area (Å²) in [5.41, 5.74) is -7.32. The molecule has 10 rings (SSSR count). The zero-order valence-electron chi connectivity index (χ0n) is 50.8. The Morgan fingerprint density at radius 3 is 1.65 bits per heavy atom. The number of hydrogen-bond donors (Lipinski definition) is 9. The number of esters is 1. The molecule has 3 saturated carbocycles. The van der Waals surface area contributed by atoms with Crippen LogP contribution in [0.4, 0.5) is 0 Å². The van der Waals surface area contributed by atoms with Gasteiger partial charge in [0.05, 0.1) is 72.5 Å². The fourth-order valence-corrected chi connectivity index (χ4v) is 16.2. The van der Waals surface area contributed by atoms with Crippen LogP contribution in [-0.2, 0) is 71.1 Å². The molecular formula is C61H92O25. The second kappa shape index (κ2) is 25.6. The molecule has 9 N–H and O–H groups in total. The quantitative estimate of drug-likeness (QED) is 0.0792. The zero-order chi connectivity index (χ0) is 62.2. The summed E-state index contributed by atoms with van der Waals surface area (Å²) < 4.78 is 87.3. The largest absolute Gasteiger partial charge is 0.508 e. The number of carbonyl (C=O) groups is 2. The van der Waals surface area contributed by atoms with Gasteiger partial charge in [-0.05, 0) is 116 Å². The van der Waals surface area contributed by atoms with E-state index in [1.807, 2.05) is 26.8 Å². The van der Waals surface area contributed by atoms with E-state index in [0.717, 1.165) is 5.57 Å². The Labute approximate surface area is 501 Å². The molecule has 0 bridgehead atoms. The van der Waals surface area contributed by atoms with Crippen LogP contribution in [0.2, 0.25) is 0 Å². The molecule has 5 heterocycles. The minimum Gasteiger partial charge on any atom is -0.508 e. The van der Waals surface area contributed by atoms with Crippen molar-refractivity contribution in [2.75, 3.05) is 27.9 Å². The Morgan fingerprint density at radius 1 is 0.628 bits per heavy atom. The summed E-state index contributed by atoms with van der Waals surface area (Å²) >= 11 is 0. The van der Waals surface area contributed by atoms with Crippen LogP contribution in [-0.4, -0.2) is 244 Å². The predicted octanol–water partition coefficient (Wildman–Crippen LogP) is 1.71. The number of hydrogen-bond acceptors (Lipinski definition) is 25. The lowest BCUT2D eigenvalue weighted by Gasteiger charge is -2.67. The Bertz CT molecular complexity index is 2530. The number of rotatable bonds is 17. The van der Waals surface area contributed by atoms with E-state index < -0.39 is 187 Å². The molecule has 5 aliphatic heterocycles. The SMILES string of the molecule is CO[C@H]1C[C@H](O[C@H]2[C@@H](O)C[C@H](O[C@H]3CC[C@@]4(C)C(=CC[C@]5(O)[C@@H]4C[C@@H](OC(=O)c4ccc(O)cc4)[C@@]4(C)[C@]5(O)CC[C@@]4(O)C(C)=O)C3)O[C@@H]2C)O[C@H](C)[C@H]1O[C@H]1C[C@@H](OC)[C@H](O[C@H]2C[C@H](OC)[C@H](O[C@@H]3O[C@H](CO)[C@@H](O)[C@H](O)[C@H]3O)[C@@H](C)O2)[C@@H](C)O1. The van der Waals surface area contributed by atoms with Gasteiger partial charge in [-0.25, -0.2) is 4.79 Å². The molecule has 29 atom stereocenters. The van der Waals surface area contributed by atoms with Gasteiger partial charge >= 0.3 is 5.97 Å². The van der Waals surface area contributed by atoms with E-state index >= 15 is 0 Å². The molecule has 486 valence electrons. The maximum atomic E-state index is 13.8. The lowest BCUT2D eigenvalue weighted by molar-refractivity contribution is -0.358. The average Bonchev–Trinajstić information content (AvgIpc) is 1.33. The van der Waals surface area contributed by atoms with Crippen molar-refractivity contribution in [3.63, 3.8) is 0 Å². The molecular weight excluding hydrogens is 1130 g/mol. The molecule has 0 aromatic heterocycles. The Hall–Kier alpha value is -2.94. The van der Waals surface area contributed by atoms with Crippen LogP contribution in [0.25, 0.3) is 0 Å². The molecule has 0 radical (unpaired) electrons. The maximum absolute atomic E-state index is 13.8. The lowest BCUT2D eigenvalue weighted by Crippen LogP contribution is -2.78. The van der Waals surface area contributed by atoms with Crippen LogP contribution in [0.5, 0.6) is 5.75 Å². The molecule has 5 saturated heterocycles. The smallest absolute Gasteiger partial charge is 0.338 e. The molecule has 9 aliphatic rings. The van der Waals surface area contributed by atoms with E-state index in [1.165, 1.54) is 38.3 Å². The van der Waals surface area contributed by atoms with Crippen LogP contribution >= 0.6 is 0 Å². The number of aliphatic hydroxyl groups excluding tert-OH is 5. The van der Waals surface area contributed by atoms with E-state index in [4.69, 9.17) is 66.3 Å². The van der Waals surface area contributed by atoms with Gasteiger partial charge in [-0.3, -0.25) is 4.79 Å². The number of phenolic OH excluding ortho intramolecular Hbond substituents is 1. The second-order valence-electron chi connectivity index (χ2n) is 26.0. The molecule has 0 spiro atoms. The molecule has 1 aromatic carbocycles. The first-order valence-electron chi connectivity index (χ1n) is 30.5. The number of aliphatic hydroxyl groups is 8. The first-order valence-corrected chi connectivity index (χ1v) is 30.5. The first-order chi connectivity index (χ1) is 40.7. The van der Waals surface area contributed by atoms with Crippen LogP contribution < -0.4 is 0 Å². The van der Waals surface area contributed by atoms with Crippen LogP contribution in [0.1, 0.15) is 129 Å². The summed E-state index contributed by atoms with van der Waals surface area (Å²) in [6.45, 7) is 11.5. The number of benzene rings is 1. The number of Topliss-reactive ketones (excluding diaryl/α,β-unsaturated/α-hetero) is 1. The van der Waals surface area contributed by atoms with Gasteiger partial charge in [0.15, 0.2) is 37.2 Å². The van der Waals surface area contributed by atoms with E-state index in [2.05, 4.69) is 0 Å². The molecule has 0 amide bonds. The highest BCUT2D eigenvalue weighted by molar-refractivity contribution is 5.90. The molecule has 0 unspecified atom stereocenters. The van der Waals surface area contributed by atoms with E-state index in [9.17, 15) is 55.5 Å². The molecule has 25 heteroatoms. The van der Waals surface area contributed by atoms with Crippen molar-refractivity contribution in [3.8, 4) is 5.75 Å². The monoisotopic (exact) mass is 1220 g/mol. The summed E-state index contributed by atoms with van der Waals surface area (Å²) in [6.07, 6.45) is -15.6. The van der Waals surface area contributed by atoms with Crippen molar-refractivity contribution in [1.29, 1.82) is 0 Å². The second-order valence-corrected chi connectivity index (χ2v) is 26.0. The number of carbonyl (C=O) groups excluding carboxylic acids is 2. The average molecular weight is 1230 g/mol. The Balaban J connectivity index is 0.716. The third-order valence-corrected chi connectivity index (χ3v) is 21.3. The summed E-state index contributed by atoms with van der Waals surface area (Å²) in [6, 6.07) is 5.52. The van der Waals surface area contributed by atoms with Crippen molar-refractivity contribution in [2.24, 2.45) is 16.7 Å². The highest BCUT2D eigenvalue weighted by Gasteiger charge is 2.81. The van der Waals surface area contributed by atoms with Crippen LogP contribution in [0.15, 0.2) is 35.9 Å². The van der Waals surface area contributed by atoms with Crippen molar-refractivity contribution >= 4 is 11.8 Å². The van der Waals surface area contributed by atoms with Gasteiger partial charge in [-0.15, -0.1) is 0 Å². The number of aromatic hydroxyl groups is 1. The lowest BCUT2D eigenvalue weighted by atomic mass is 9.42. The van der Waals surface area contributed by atoms with Gasteiger partial charge in [0.2, 0.25) is 0 Å². The van der Waals surface area contributed by atoms with Gasteiger partial charge in [0.1, 0.15) is 77.5 Å². The fourth-order valence-electron chi connectivity index (χ4n) is 16.2. The summed E-state index contributed by atoms with van der Waals surface area (Å²) in [7, 11) is 4.65. The standard InChI is InChI=1S/C61H92O25/c1-28-51(83-45-23-38(73-8)52(29(2)77-45)84-46-24-39(74-9)53(30(3)78-46)85-47-25-40(75-10)54(31(4)79-47)86-56-50(68)49(67)48(66)41(27-62)81-56)37(65)22-44(76-28)80-36-16-17-57(6)34(21-36)15-18-60(71)42(57)26-43(82-55(69)33-11-13-35(64)14-12-33)58(7)59(70,32(5)63)19-20-61(58,60)72/h11-15,28-31,36-54,56,62,64-68,70-72H,16-27H2,1-10H3/t28-,29-,30-,31-,36+,37+,38+,39-,40+,41-,42-,43-,44+,45+,46+,47+,48-,49+,50-,51-,52-,53-,54-,56+,57+,58-,59-,60+,61-/m1/s1. The Morgan fingerprint density at radius 2 is 1.14 bits per heavy atom. The normalized spacial score (nSPS) is 49.6. The van der Waals surface area contributed by atoms with Crippen molar-refractivity contribution in [2.45, 2.75) is 277 Å². The highest BCUT2D eigenvalue weighted by atomic mass is 16.8. The summed E-state index contributed by atoms with van der Waals surface area (Å²) in [4.78, 5) is 27.1. The topological polar surface area (TPSA) is 345 Å². The third-order valence-electron chi connectivity index (χ3n) is 21.3. The van der Waals surface area contributed by atoms with E-state index in [-0.39, 0.29) is 68.8 Å². The number of phenols is 1. The van der Waals surface area contributed by atoms with Gasteiger partial charge in [0, 0.05) is 52.9 Å². The van der Waals surface area contributed by atoms with Gasteiger partial charge in [-0.2, -0.15) is 0 Å². The van der Waals surface area contributed by atoms with Gasteiger partial charge in [0.25, 0.3) is 0 Å². The molecule has 4 aliphatic carbocycles. The number of ketones is 1. The molecule has 25 nitrogen and oxygen atoms in total. The molecule has 1 aromatic rings. The van der Waals surface area contributed by atoms with Gasteiger partial charge in [-0.1, -0.05) is 18.6 Å². The molecule has 8 fully saturated rings. The van der Waals surface area contributed by atoms with E-state index in [0.29, 0.717) is 19.3 Å². The van der Waals surface area contributed by atoms with Crippen LogP contribution in [0, 0.1) is 16.7 Å². The number of ether oxygens (including phenoxy) is 14. The first kappa shape index (κ1) is 66.0. The predicted molar refractivity (Wildman–Crippen MR) is 295 cm³/mol. The summed E-state index contributed by atoms with van der Waals surface area (Å²) in [5, 5.41) is 101. The number of fused-ring (bicyclic) bond motifs is 5. The summed E-state index contributed by atoms with van der Waals surface area (Å²) in [5.74, 6) is -2.06. The minimum absolute atomic E-state index is 0.0231. The Kier molecular flexibility index (Phi) is 19.7. The van der Waals surface area contributed by atoms with Crippen molar-refractivity contribution in [3.05, 3.63) is 41.5 Å². The van der Waals surface area contributed by atoms with Gasteiger partial charge < -0.3 is 112 Å². The molecule has 86 heavy (non-hydrogen) atoms. The minimum atomic E-state index is -2.11. The maximum Gasteiger partial charge on any atom is 0.338 e. The van der Waals surface area contributed by atoms with E-state index in [1.54, 1.807) is 35.0 Å². The van der Waals surface area contributed by atoms with Crippen molar-refractivity contribution < 1.29 is 122 Å².